The monoisotopic (exact) mass is 187 g/mol. The predicted octanol–water partition coefficient (Wildman–Crippen LogP) is 0.893. The molecule has 0 heterocycles. The molecule has 1 aliphatic carbocycles. The smallest absolute Gasteiger partial charge is 0.302 e. The van der Waals surface area contributed by atoms with E-state index in [4.69, 9.17) is 9.47 Å². The van der Waals surface area contributed by atoms with Gasteiger partial charge in [0, 0.05) is 19.3 Å². The Labute approximate surface area is 77.2 Å². The third-order valence-corrected chi connectivity index (χ3v) is 2.12. The molecule has 0 amide bonds. The van der Waals surface area contributed by atoms with Gasteiger partial charge in [-0.05, 0) is 12.8 Å². The Morgan fingerprint density at radius 3 is 1.69 bits per heavy atom. The van der Waals surface area contributed by atoms with Crippen molar-refractivity contribution in [3.63, 3.8) is 0 Å². The summed E-state index contributed by atoms with van der Waals surface area (Å²) in [7, 11) is 0. The van der Waals surface area contributed by atoms with Crippen LogP contribution in [0.25, 0.3) is 0 Å². The van der Waals surface area contributed by atoms with Crippen molar-refractivity contribution in [3.05, 3.63) is 0 Å². The van der Waals surface area contributed by atoms with E-state index < -0.39 is 0 Å². The highest BCUT2D eigenvalue weighted by molar-refractivity contribution is 5.66. The topological polar surface area (TPSA) is 52.6 Å². The molecule has 0 spiro atoms. The van der Waals surface area contributed by atoms with E-state index >= 15 is 0 Å². The van der Waals surface area contributed by atoms with E-state index in [9.17, 15) is 9.59 Å². The first-order valence-electron chi connectivity index (χ1n) is 4.31. The Hall–Kier alpha value is -1.06. The van der Waals surface area contributed by atoms with Gasteiger partial charge in [-0.15, -0.1) is 0 Å². The highest BCUT2D eigenvalue weighted by atomic mass is 16.6. The van der Waals surface area contributed by atoms with Gasteiger partial charge in [0.05, 0.1) is 0 Å². The molecule has 1 aliphatic rings. The van der Waals surface area contributed by atoms with Gasteiger partial charge >= 0.3 is 11.9 Å². The van der Waals surface area contributed by atoms with Crippen LogP contribution in [0.5, 0.6) is 0 Å². The Morgan fingerprint density at radius 2 is 1.46 bits per heavy atom. The van der Waals surface area contributed by atoms with Crippen LogP contribution in [0.4, 0.5) is 0 Å². The molecule has 0 aromatic heterocycles. The molecule has 4 heteroatoms. The van der Waals surface area contributed by atoms with Crippen molar-refractivity contribution in [2.24, 2.45) is 5.41 Å². The molecule has 0 aliphatic heterocycles. The van der Waals surface area contributed by atoms with Crippen molar-refractivity contribution in [2.75, 3.05) is 13.2 Å². The quantitative estimate of drug-likeness (QED) is 0.484. The largest absolute Gasteiger partial charge is 0.465 e. The van der Waals surface area contributed by atoms with Crippen LogP contribution in [0, 0.1) is 5.41 Å². The van der Waals surface area contributed by atoms with Crippen molar-refractivity contribution in [1.29, 1.82) is 0 Å². The van der Waals surface area contributed by atoms with Crippen molar-refractivity contribution in [3.8, 4) is 0 Å². The number of hydrogen-bond acceptors (Lipinski definition) is 4. The molecule has 0 aromatic rings. The van der Waals surface area contributed by atoms with E-state index in [-0.39, 0.29) is 17.4 Å². The molecule has 1 saturated carbocycles. The molecule has 0 atom stereocenters. The molecule has 74 valence electrons. The standard InChI is InChI=1S/C9H14O4/c1-7(10)12-5-9(3-4-9)6-13-8(2)11/h3-6H2,1-2H3/i9+1. The van der Waals surface area contributed by atoms with Gasteiger partial charge in [0.15, 0.2) is 0 Å². The van der Waals surface area contributed by atoms with E-state index in [1.165, 1.54) is 13.8 Å². The average molecular weight is 187 g/mol. The van der Waals surface area contributed by atoms with Crippen LogP contribution in [0.15, 0.2) is 0 Å². The van der Waals surface area contributed by atoms with Crippen LogP contribution in [0.1, 0.15) is 26.7 Å². The molecular formula is C9H14O4. The summed E-state index contributed by atoms with van der Waals surface area (Å²) in [6.07, 6.45) is 1.93. The summed E-state index contributed by atoms with van der Waals surface area (Å²) in [6.45, 7) is 3.50. The first-order chi connectivity index (χ1) is 6.04. The van der Waals surface area contributed by atoms with Crippen molar-refractivity contribution in [1.82, 2.24) is 0 Å². The summed E-state index contributed by atoms with van der Waals surface area (Å²) in [5, 5.41) is 0. The van der Waals surface area contributed by atoms with Crippen LogP contribution < -0.4 is 0 Å². The minimum absolute atomic E-state index is 0.0721. The first-order valence-corrected chi connectivity index (χ1v) is 4.31. The number of carbonyl (C=O) groups is 2. The maximum Gasteiger partial charge on any atom is 0.302 e. The molecule has 0 radical (unpaired) electrons. The maximum atomic E-state index is 10.5. The van der Waals surface area contributed by atoms with E-state index in [0.717, 1.165) is 12.8 Å². The Kier molecular flexibility index (Phi) is 2.90. The van der Waals surface area contributed by atoms with Gasteiger partial charge < -0.3 is 9.47 Å². The summed E-state index contributed by atoms with van der Waals surface area (Å²) < 4.78 is 9.74. The third kappa shape index (κ3) is 3.44. The molecule has 4 nitrogen and oxygen atoms in total. The SMILES string of the molecule is CC(=O)OC[13C]1(COC(C)=O)CC1. The molecule has 0 aromatic carbocycles. The lowest BCUT2D eigenvalue weighted by atomic mass is 10.5. The molecule has 1 fully saturated rings. The van der Waals surface area contributed by atoms with Crippen molar-refractivity contribution < 1.29 is 19.1 Å². The zero-order valence-electron chi connectivity index (χ0n) is 7.96. The number of carbonyl (C=O) groups excluding carboxylic acids is 2. The highest BCUT2D eigenvalue weighted by Gasteiger charge is 2.45. The summed E-state index contributed by atoms with van der Waals surface area (Å²) in [6, 6.07) is 0. The van der Waals surface area contributed by atoms with Crippen LogP contribution in [0.3, 0.4) is 0 Å². The maximum absolute atomic E-state index is 10.5. The number of rotatable bonds is 4. The van der Waals surface area contributed by atoms with Gasteiger partial charge in [-0.1, -0.05) is 0 Å². The van der Waals surface area contributed by atoms with E-state index in [2.05, 4.69) is 0 Å². The molecule has 13 heavy (non-hydrogen) atoms. The first kappa shape index (κ1) is 10.0. The summed E-state index contributed by atoms with van der Waals surface area (Å²) >= 11 is 0. The number of esters is 2. The third-order valence-electron chi connectivity index (χ3n) is 2.12. The fourth-order valence-electron chi connectivity index (χ4n) is 1.02. The second kappa shape index (κ2) is 3.77. The molecule has 0 bridgehead atoms. The molecule has 1 rings (SSSR count). The van der Waals surface area contributed by atoms with Crippen LogP contribution >= 0.6 is 0 Å². The Balaban J connectivity index is 2.22. The molecule has 0 unspecified atom stereocenters. The van der Waals surface area contributed by atoms with E-state index in [1.807, 2.05) is 0 Å². The van der Waals surface area contributed by atoms with E-state index in [1.54, 1.807) is 0 Å². The van der Waals surface area contributed by atoms with Gasteiger partial charge in [0.2, 0.25) is 0 Å². The molecule has 0 saturated heterocycles. The Bertz CT molecular complexity index is 198. The van der Waals surface area contributed by atoms with Gasteiger partial charge in [-0.3, -0.25) is 9.59 Å². The van der Waals surface area contributed by atoms with Crippen LogP contribution in [-0.2, 0) is 19.1 Å². The van der Waals surface area contributed by atoms with Crippen molar-refractivity contribution in [2.45, 2.75) is 26.7 Å². The second-order valence-electron chi connectivity index (χ2n) is 3.56. The fraction of sp³-hybridized carbons (Fsp3) is 0.778. The highest BCUT2D eigenvalue weighted by Crippen LogP contribution is 2.46. The minimum Gasteiger partial charge on any atom is -0.465 e. The lowest BCUT2D eigenvalue weighted by molar-refractivity contribution is -0.147. The van der Waals surface area contributed by atoms with Gasteiger partial charge in [-0.2, -0.15) is 0 Å². The average Bonchev–Trinajstić information content (AvgIpc) is 2.78. The molecule has 0 N–H and O–H groups in total. The number of hydrogen-bond donors (Lipinski definition) is 0. The minimum atomic E-state index is -0.283. The van der Waals surface area contributed by atoms with Crippen molar-refractivity contribution >= 4 is 11.9 Å². The predicted molar refractivity (Wildman–Crippen MR) is 44.9 cm³/mol. The lowest BCUT2D eigenvalue weighted by Gasteiger charge is -2.13. The summed E-state index contributed by atoms with van der Waals surface area (Å²) in [4.78, 5) is 21.1. The molecular weight excluding hydrogens is 173 g/mol. The Morgan fingerprint density at radius 1 is 1.08 bits per heavy atom. The van der Waals surface area contributed by atoms with Gasteiger partial charge in [0.25, 0.3) is 0 Å². The fourth-order valence-corrected chi connectivity index (χ4v) is 1.02. The van der Waals surface area contributed by atoms with Gasteiger partial charge in [0.1, 0.15) is 13.2 Å². The summed E-state index contributed by atoms with van der Waals surface area (Å²) in [5.74, 6) is -0.566. The number of ether oxygens (including phenoxy) is 2. The normalized spacial score (nSPS) is 17.7. The van der Waals surface area contributed by atoms with Crippen LogP contribution in [0.2, 0.25) is 0 Å². The lowest BCUT2D eigenvalue weighted by Crippen LogP contribution is -2.20. The zero-order chi connectivity index (χ0) is 9.90. The summed E-state index contributed by atoms with van der Waals surface area (Å²) in [5.41, 5.74) is -0.0721. The van der Waals surface area contributed by atoms with E-state index in [0.29, 0.717) is 13.2 Å². The van der Waals surface area contributed by atoms with Crippen LogP contribution in [-0.4, -0.2) is 25.2 Å². The second-order valence-corrected chi connectivity index (χ2v) is 3.56. The zero-order valence-corrected chi connectivity index (χ0v) is 7.96. The van der Waals surface area contributed by atoms with Gasteiger partial charge in [-0.25, -0.2) is 0 Å².